The highest BCUT2D eigenvalue weighted by Crippen LogP contribution is 2.31. The summed E-state index contributed by atoms with van der Waals surface area (Å²) in [5.74, 6) is 0.756. The summed E-state index contributed by atoms with van der Waals surface area (Å²) in [5.41, 5.74) is 1.77. The highest BCUT2D eigenvalue weighted by Gasteiger charge is 2.35. The Labute approximate surface area is 151 Å². The molecule has 7 nitrogen and oxygen atoms in total. The van der Waals surface area contributed by atoms with Crippen LogP contribution in [0.15, 0.2) is 58.1 Å². The number of sulfonamides is 1. The maximum atomic E-state index is 12.8. The number of hydrogen-bond donors (Lipinski definition) is 0. The summed E-state index contributed by atoms with van der Waals surface area (Å²) in [6.45, 7) is 2.70. The summed E-state index contributed by atoms with van der Waals surface area (Å²) in [4.78, 5) is 4.35. The molecule has 3 aromatic rings. The summed E-state index contributed by atoms with van der Waals surface area (Å²) in [6.07, 6.45) is 3.98. The Morgan fingerprint density at radius 2 is 1.96 bits per heavy atom. The molecule has 26 heavy (non-hydrogen) atoms. The second kappa shape index (κ2) is 6.62. The third-order valence-corrected chi connectivity index (χ3v) is 6.39. The molecule has 0 saturated carbocycles. The number of benzene rings is 1. The molecule has 1 aromatic carbocycles. The minimum atomic E-state index is -3.51. The van der Waals surface area contributed by atoms with Crippen LogP contribution in [0.4, 0.5) is 0 Å². The standard InChI is InChI=1S/C18H18N4O3S/c1-13-4-6-16(7-5-13)26(23,24)22-10-8-15(12-22)18-21-20-17(25-18)14-3-2-9-19-11-14/h2-7,9,11,15H,8,10,12H2,1H3/t15-/m1/s1. The van der Waals surface area contributed by atoms with Crippen LogP contribution in [0.2, 0.25) is 0 Å². The van der Waals surface area contributed by atoms with Gasteiger partial charge in [-0.3, -0.25) is 4.98 Å². The molecule has 1 fully saturated rings. The van der Waals surface area contributed by atoms with E-state index in [1.54, 1.807) is 42.7 Å². The molecular formula is C18H18N4O3S. The summed E-state index contributed by atoms with van der Waals surface area (Å²) in [5, 5.41) is 8.17. The molecule has 1 atom stereocenters. The second-order valence-electron chi connectivity index (χ2n) is 6.35. The van der Waals surface area contributed by atoms with E-state index in [2.05, 4.69) is 15.2 Å². The van der Waals surface area contributed by atoms with E-state index in [0.717, 1.165) is 11.1 Å². The van der Waals surface area contributed by atoms with E-state index in [4.69, 9.17) is 4.42 Å². The van der Waals surface area contributed by atoms with Crippen molar-refractivity contribution in [2.24, 2.45) is 0 Å². The fraction of sp³-hybridized carbons (Fsp3) is 0.278. The van der Waals surface area contributed by atoms with Gasteiger partial charge in [-0.15, -0.1) is 10.2 Å². The third-order valence-electron chi connectivity index (χ3n) is 4.51. The minimum Gasteiger partial charge on any atom is -0.420 e. The van der Waals surface area contributed by atoms with Gasteiger partial charge in [-0.1, -0.05) is 17.7 Å². The topological polar surface area (TPSA) is 89.2 Å². The van der Waals surface area contributed by atoms with Crippen LogP contribution < -0.4 is 0 Å². The molecule has 134 valence electrons. The molecule has 1 saturated heterocycles. The van der Waals surface area contributed by atoms with Gasteiger partial charge in [0.1, 0.15) is 0 Å². The molecule has 0 aliphatic carbocycles. The first kappa shape index (κ1) is 16.9. The Hall–Kier alpha value is -2.58. The number of hydrogen-bond acceptors (Lipinski definition) is 6. The van der Waals surface area contributed by atoms with E-state index in [1.807, 2.05) is 13.0 Å². The fourth-order valence-corrected chi connectivity index (χ4v) is 4.51. The lowest BCUT2D eigenvalue weighted by Gasteiger charge is -2.16. The molecule has 0 unspecified atom stereocenters. The van der Waals surface area contributed by atoms with E-state index in [9.17, 15) is 8.42 Å². The highest BCUT2D eigenvalue weighted by molar-refractivity contribution is 7.89. The lowest BCUT2D eigenvalue weighted by atomic mass is 10.1. The van der Waals surface area contributed by atoms with Crippen molar-refractivity contribution in [3.8, 4) is 11.5 Å². The molecule has 8 heteroatoms. The zero-order valence-electron chi connectivity index (χ0n) is 14.2. The van der Waals surface area contributed by atoms with E-state index in [1.165, 1.54) is 4.31 Å². The molecule has 0 bridgehead atoms. The Morgan fingerprint density at radius 1 is 1.15 bits per heavy atom. The first-order chi connectivity index (χ1) is 12.5. The SMILES string of the molecule is Cc1ccc(S(=O)(=O)N2CC[C@@H](c3nnc(-c4cccnc4)o3)C2)cc1. The largest absolute Gasteiger partial charge is 0.420 e. The maximum absolute atomic E-state index is 12.8. The molecule has 0 radical (unpaired) electrons. The van der Waals surface area contributed by atoms with Crippen LogP contribution in [0.25, 0.3) is 11.5 Å². The van der Waals surface area contributed by atoms with Gasteiger partial charge in [-0.2, -0.15) is 4.31 Å². The highest BCUT2D eigenvalue weighted by atomic mass is 32.2. The van der Waals surface area contributed by atoms with Crippen LogP contribution in [0.5, 0.6) is 0 Å². The van der Waals surface area contributed by atoms with Crippen molar-refractivity contribution in [3.05, 3.63) is 60.2 Å². The Bertz CT molecular complexity index is 1000. The summed E-state index contributed by atoms with van der Waals surface area (Å²) < 4.78 is 32.8. The van der Waals surface area contributed by atoms with Gasteiger partial charge >= 0.3 is 0 Å². The van der Waals surface area contributed by atoms with Crippen molar-refractivity contribution in [2.45, 2.75) is 24.2 Å². The lowest BCUT2D eigenvalue weighted by molar-refractivity contribution is 0.440. The number of nitrogens with zero attached hydrogens (tertiary/aromatic N) is 4. The lowest BCUT2D eigenvalue weighted by Crippen LogP contribution is -2.28. The van der Waals surface area contributed by atoms with Gasteiger partial charge < -0.3 is 4.42 Å². The van der Waals surface area contributed by atoms with Gasteiger partial charge in [-0.05, 0) is 37.6 Å². The smallest absolute Gasteiger partial charge is 0.249 e. The van der Waals surface area contributed by atoms with Crippen molar-refractivity contribution < 1.29 is 12.8 Å². The zero-order chi connectivity index (χ0) is 18.1. The van der Waals surface area contributed by atoms with Gasteiger partial charge in [0.05, 0.1) is 16.4 Å². The summed E-state index contributed by atoms with van der Waals surface area (Å²) in [7, 11) is -3.51. The molecule has 0 amide bonds. The molecule has 1 aliphatic rings. The summed E-state index contributed by atoms with van der Waals surface area (Å²) in [6, 6.07) is 10.5. The maximum Gasteiger partial charge on any atom is 0.249 e. The first-order valence-electron chi connectivity index (χ1n) is 8.34. The van der Waals surface area contributed by atoms with Crippen molar-refractivity contribution in [3.63, 3.8) is 0 Å². The average molecular weight is 370 g/mol. The van der Waals surface area contributed by atoms with Crippen LogP contribution in [0.3, 0.4) is 0 Å². The Kier molecular flexibility index (Phi) is 4.29. The van der Waals surface area contributed by atoms with Crippen molar-refractivity contribution in [1.82, 2.24) is 19.5 Å². The first-order valence-corrected chi connectivity index (χ1v) is 9.78. The van der Waals surface area contributed by atoms with Crippen LogP contribution in [0, 0.1) is 6.92 Å². The van der Waals surface area contributed by atoms with Crippen molar-refractivity contribution in [2.75, 3.05) is 13.1 Å². The molecule has 0 spiro atoms. The fourth-order valence-electron chi connectivity index (χ4n) is 3.01. The quantitative estimate of drug-likeness (QED) is 0.701. The molecule has 0 N–H and O–H groups in total. The third kappa shape index (κ3) is 3.13. The van der Waals surface area contributed by atoms with Crippen LogP contribution in [-0.2, 0) is 10.0 Å². The Balaban J connectivity index is 1.52. The average Bonchev–Trinajstić information content (AvgIpc) is 3.33. The molecule has 1 aliphatic heterocycles. The molecule has 4 rings (SSSR count). The molecule has 3 heterocycles. The van der Waals surface area contributed by atoms with Crippen molar-refractivity contribution >= 4 is 10.0 Å². The molecule has 2 aromatic heterocycles. The Morgan fingerprint density at radius 3 is 2.69 bits per heavy atom. The minimum absolute atomic E-state index is 0.104. The number of aromatic nitrogens is 3. The van der Waals surface area contributed by atoms with E-state index >= 15 is 0 Å². The van der Waals surface area contributed by atoms with E-state index in [-0.39, 0.29) is 5.92 Å². The predicted octanol–water partition coefficient (Wildman–Crippen LogP) is 2.62. The van der Waals surface area contributed by atoms with Crippen LogP contribution in [0.1, 0.15) is 23.8 Å². The van der Waals surface area contributed by atoms with Gasteiger partial charge in [0.2, 0.25) is 21.8 Å². The van der Waals surface area contributed by atoms with Gasteiger partial charge in [0, 0.05) is 25.5 Å². The number of aryl methyl sites for hydroxylation is 1. The normalized spacial score (nSPS) is 18.3. The van der Waals surface area contributed by atoms with Gasteiger partial charge in [0.25, 0.3) is 0 Å². The van der Waals surface area contributed by atoms with Crippen LogP contribution >= 0.6 is 0 Å². The molecular weight excluding hydrogens is 352 g/mol. The zero-order valence-corrected chi connectivity index (χ0v) is 15.1. The van der Waals surface area contributed by atoms with Crippen LogP contribution in [-0.4, -0.2) is 41.0 Å². The number of pyridine rings is 1. The number of rotatable bonds is 4. The van der Waals surface area contributed by atoms with E-state index < -0.39 is 10.0 Å². The van der Waals surface area contributed by atoms with Gasteiger partial charge in [-0.25, -0.2) is 8.42 Å². The second-order valence-corrected chi connectivity index (χ2v) is 8.29. The monoisotopic (exact) mass is 370 g/mol. The van der Waals surface area contributed by atoms with E-state index in [0.29, 0.717) is 36.2 Å². The van der Waals surface area contributed by atoms with Gasteiger partial charge in [0.15, 0.2) is 0 Å². The summed E-state index contributed by atoms with van der Waals surface area (Å²) >= 11 is 0. The van der Waals surface area contributed by atoms with Crippen molar-refractivity contribution in [1.29, 1.82) is 0 Å². The predicted molar refractivity (Wildman–Crippen MR) is 94.8 cm³/mol.